The first kappa shape index (κ1) is 15.5. The van der Waals surface area contributed by atoms with Crippen molar-refractivity contribution < 1.29 is 23.0 Å². The normalized spacial score (nSPS) is 21.4. The van der Waals surface area contributed by atoms with Crippen LogP contribution in [0.5, 0.6) is 5.75 Å². The molecule has 0 bridgehead atoms. The van der Waals surface area contributed by atoms with E-state index in [1.54, 1.807) is 0 Å². The van der Waals surface area contributed by atoms with Crippen LogP contribution in [0.2, 0.25) is 0 Å². The molecule has 2 rings (SSSR count). The largest absolute Gasteiger partial charge is 0.490 e. The van der Waals surface area contributed by atoms with Gasteiger partial charge >= 0.3 is 6.09 Å². The predicted octanol–water partition coefficient (Wildman–Crippen LogP) is 3.40. The Bertz CT molecular complexity index is 502. The number of amides is 1. The molecule has 0 spiro atoms. The van der Waals surface area contributed by atoms with E-state index in [-0.39, 0.29) is 23.5 Å². The molecule has 1 saturated carbocycles. The highest BCUT2D eigenvalue weighted by Gasteiger charge is 2.34. The van der Waals surface area contributed by atoms with Gasteiger partial charge in [0.15, 0.2) is 0 Å². The van der Waals surface area contributed by atoms with Gasteiger partial charge in [0.2, 0.25) is 0 Å². The zero-order valence-corrected chi connectivity index (χ0v) is 12.3. The molecule has 1 aromatic rings. The molecule has 1 fully saturated rings. The van der Waals surface area contributed by atoms with Crippen molar-refractivity contribution in [3.05, 3.63) is 29.8 Å². The average molecular weight is 299 g/mol. The van der Waals surface area contributed by atoms with Crippen LogP contribution in [0.4, 0.5) is 13.6 Å². The molecule has 6 heteroatoms. The van der Waals surface area contributed by atoms with Crippen LogP contribution in [0, 0.1) is 11.6 Å². The molecule has 0 heterocycles. The topological polar surface area (TPSA) is 47.6 Å². The molecule has 21 heavy (non-hydrogen) atoms. The summed E-state index contributed by atoms with van der Waals surface area (Å²) in [5, 5.41) is 2.70. The molecule has 1 aliphatic carbocycles. The van der Waals surface area contributed by atoms with Crippen LogP contribution in [0.1, 0.15) is 33.6 Å². The highest BCUT2D eigenvalue weighted by Crippen LogP contribution is 2.29. The first-order chi connectivity index (χ1) is 9.71. The second kappa shape index (κ2) is 5.87. The third-order valence-corrected chi connectivity index (χ3v) is 2.94. The van der Waals surface area contributed by atoms with Crippen LogP contribution in [0.15, 0.2) is 18.2 Å². The van der Waals surface area contributed by atoms with Crippen molar-refractivity contribution in [3.63, 3.8) is 0 Å². The number of hydrogen-bond acceptors (Lipinski definition) is 3. The molecule has 0 unspecified atom stereocenters. The van der Waals surface area contributed by atoms with Crippen LogP contribution in [-0.4, -0.2) is 23.8 Å². The number of rotatable bonds is 3. The zero-order chi connectivity index (χ0) is 15.6. The van der Waals surface area contributed by atoms with Gasteiger partial charge in [0, 0.05) is 36.6 Å². The van der Waals surface area contributed by atoms with Gasteiger partial charge < -0.3 is 14.8 Å². The maximum atomic E-state index is 13.0. The molecule has 1 aromatic carbocycles. The lowest BCUT2D eigenvalue weighted by Crippen LogP contribution is -2.46. The van der Waals surface area contributed by atoms with Crippen molar-refractivity contribution in [2.24, 2.45) is 0 Å². The molecule has 1 amide bonds. The molecular formula is C15H19F2NO3. The van der Waals surface area contributed by atoms with E-state index < -0.39 is 17.7 Å². The smallest absolute Gasteiger partial charge is 0.407 e. The lowest BCUT2D eigenvalue weighted by atomic mass is 9.92. The van der Waals surface area contributed by atoms with Gasteiger partial charge in [-0.05, 0) is 20.8 Å². The summed E-state index contributed by atoms with van der Waals surface area (Å²) in [7, 11) is 0. The predicted molar refractivity (Wildman–Crippen MR) is 73.2 cm³/mol. The molecule has 116 valence electrons. The fourth-order valence-corrected chi connectivity index (χ4v) is 1.99. The monoisotopic (exact) mass is 299 g/mol. The van der Waals surface area contributed by atoms with E-state index in [1.165, 1.54) is 0 Å². The van der Waals surface area contributed by atoms with E-state index >= 15 is 0 Å². The standard InChI is InChI=1S/C15H19F2NO3/c1-15(2,3)18-14(19)21-13-7-12(8-13)20-11-5-9(16)4-10(17)6-11/h4-6,12-13H,7-8H2,1-3H3,(H,18,19). The van der Waals surface area contributed by atoms with Gasteiger partial charge in [0.05, 0.1) is 0 Å². The Morgan fingerprint density at radius 2 is 1.71 bits per heavy atom. The number of carbonyl (C=O) groups is 1. The number of hydrogen-bond donors (Lipinski definition) is 1. The Kier molecular flexibility index (Phi) is 4.34. The van der Waals surface area contributed by atoms with Gasteiger partial charge in [0.1, 0.15) is 29.6 Å². The summed E-state index contributed by atoms with van der Waals surface area (Å²) >= 11 is 0. The first-order valence-corrected chi connectivity index (χ1v) is 6.83. The summed E-state index contributed by atoms with van der Waals surface area (Å²) in [5.74, 6) is -1.21. The minimum Gasteiger partial charge on any atom is -0.490 e. The molecule has 0 atom stereocenters. The molecule has 0 aliphatic heterocycles. The summed E-state index contributed by atoms with van der Waals surface area (Å²) in [6.45, 7) is 5.58. The quantitative estimate of drug-likeness (QED) is 0.930. The van der Waals surface area contributed by atoms with Crippen molar-refractivity contribution in [3.8, 4) is 5.75 Å². The van der Waals surface area contributed by atoms with Gasteiger partial charge in [-0.1, -0.05) is 0 Å². The van der Waals surface area contributed by atoms with Crippen LogP contribution in [0.3, 0.4) is 0 Å². The van der Waals surface area contributed by atoms with E-state index in [4.69, 9.17) is 9.47 Å². The maximum absolute atomic E-state index is 13.0. The average Bonchev–Trinajstić information content (AvgIpc) is 2.21. The van der Waals surface area contributed by atoms with E-state index in [0.717, 1.165) is 18.2 Å². The highest BCUT2D eigenvalue weighted by atomic mass is 19.1. The van der Waals surface area contributed by atoms with Crippen molar-refractivity contribution in [2.45, 2.75) is 51.4 Å². The third kappa shape index (κ3) is 4.88. The minimum absolute atomic E-state index is 0.148. The second-order valence-electron chi connectivity index (χ2n) is 6.22. The number of nitrogens with one attached hydrogen (secondary N) is 1. The maximum Gasteiger partial charge on any atom is 0.407 e. The van der Waals surface area contributed by atoms with Crippen LogP contribution in [0.25, 0.3) is 0 Å². The Morgan fingerprint density at radius 1 is 1.14 bits per heavy atom. The van der Waals surface area contributed by atoms with Crippen molar-refractivity contribution in [1.29, 1.82) is 0 Å². The Balaban J connectivity index is 1.75. The van der Waals surface area contributed by atoms with E-state index in [9.17, 15) is 13.6 Å². The van der Waals surface area contributed by atoms with Gasteiger partial charge in [0.25, 0.3) is 0 Å². The summed E-state index contributed by atoms with van der Waals surface area (Å²) in [4.78, 5) is 11.5. The number of benzene rings is 1. The zero-order valence-electron chi connectivity index (χ0n) is 12.3. The molecule has 0 radical (unpaired) electrons. The van der Waals surface area contributed by atoms with Crippen LogP contribution < -0.4 is 10.1 Å². The van der Waals surface area contributed by atoms with Crippen molar-refractivity contribution >= 4 is 6.09 Å². The number of alkyl carbamates (subject to hydrolysis) is 1. The minimum atomic E-state index is -0.679. The van der Waals surface area contributed by atoms with Crippen LogP contribution in [-0.2, 0) is 4.74 Å². The fourth-order valence-electron chi connectivity index (χ4n) is 1.99. The van der Waals surface area contributed by atoms with E-state index in [2.05, 4.69) is 5.32 Å². The molecule has 1 N–H and O–H groups in total. The summed E-state index contributed by atoms with van der Waals surface area (Å²) in [6.07, 6.45) is 0.128. The summed E-state index contributed by atoms with van der Waals surface area (Å²) in [5.41, 5.74) is -0.351. The van der Waals surface area contributed by atoms with Gasteiger partial charge in [-0.2, -0.15) is 0 Å². The van der Waals surface area contributed by atoms with Crippen LogP contribution >= 0.6 is 0 Å². The van der Waals surface area contributed by atoms with Gasteiger partial charge in [-0.25, -0.2) is 13.6 Å². The highest BCUT2D eigenvalue weighted by molar-refractivity contribution is 5.68. The van der Waals surface area contributed by atoms with E-state index in [0.29, 0.717) is 12.8 Å². The SMILES string of the molecule is CC(C)(C)NC(=O)OC1CC(Oc2cc(F)cc(F)c2)C1. The molecule has 0 aromatic heterocycles. The van der Waals surface area contributed by atoms with Gasteiger partial charge in [-0.3, -0.25) is 0 Å². The Labute approximate surface area is 122 Å². The van der Waals surface area contributed by atoms with Crippen molar-refractivity contribution in [2.75, 3.05) is 0 Å². The first-order valence-electron chi connectivity index (χ1n) is 6.83. The third-order valence-electron chi connectivity index (χ3n) is 2.94. The van der Waals surface area contributed by atoms with Gasteiger partial charge in [-0.15, -0.1) is 0 Å². The lowest BCUT2D eigenvalue weighted by molar-refractivity contribution is -0.0245. The molecular weight excluding hydrogens is 280 g/mol. The lowest BCUT2D eigenvalue weighted by Gasteiger charge is -2.35. The summed E-state index contributed by atoms with van der Waals surface area (Å²) in [6, 6.07) is 3.05. The Morgan fingerprint density at radius 3 is 2.24 bits per heavy atom. The molecule has 1 aliphatic rings. The van der Waals surface area contributed by atoms with E-state index in [1.807, 2.05) is 20.8 Å². The Hall–Kier alpha value is -1.85. The number of carbonyl (C=O) groups excluding carboxylic acids is 1. The molecule has 4 nitrogen and oxygen atoms in total. The second-order valence-corrected chi connectivity index (χ2v) is 6.22. The van der Waals surface area contributed by atoms with Crippen molar-refractivity contribution in [1.82, 2.24) is 5.32 Å². The fraction of sp³-hybridized carbons (Fsp3) is 0.533. The number of halogens is 2. The number of ether oxygens (including phenoxy) is 2. The summed E-state index contributed by atoms with van der Waals surface area (Å²) < 4.78 is 36.7. The molecule has 0 saturated heterocycles.